The second-order valence-electron chi connectivity index (χ2n) is 5.55. The maximum absolute atomic E-state index is 12.0. The topological polar surface area (TPSA) is 111 Å². The van der Waals surface area contributed by atoms with Crippen LogP contribution in [0.15, 0.2) is 41.3 Å². The number of hydrogen-bond acceptors (Lipinski definition) is 6. The molecule has 1 atom stereocenters. The van der Waals surface area contributed by atoms with Crippen LogP contribution in [-0.2, 0) is 13.0 Å². The third kappa shape index (κ3) is 4.40. The van der Waals surface area contributed by atoms with Gasteiger partial charge in [-0.2, -0.15) is 5.10 Å². The van der Waals surface area contributed by atoms with Crippen LogP contribution in [0.5, 0.6) is 0 Å². The SMILES string of the molecule is CCc1nnc(-c2ccc(NC(=O)NC(C)Cn3cncn3)cc2)o1. The van der Waals surface area contributed by atoms with E-state index in [0.29, 0.717) is 30.4 Å². The van der Waals surface area contributed by atoms with E-state index in [1.807, 2.05) is 26.0 Å². The second kappa shape index (κ2) is 7.56. The van der Waals surface area contributed by atoms with Crippen LogP contribution in [0.2, 0.25) is 0 Å². The molecule has 0 fully saturated rings. The van der Waals surface area contributed by atoms with E-state index in [1.54, 1.807) is 23.1 Å². The summed E-state index contributed by atoms with van der Waals surface area (Å²) in [5, 5.41) is 17.6. The Morgan fingerprint density at radius 3 is 2.72 bits per heavy atom. The van der Waals surface area contributed by atoms with Crippen molar-refractivity contribution in [1.29, 1.82) is 0 Å². The van der Waals surface area contributed by atoms with Gasteiger partial charge in [0, 0.05) is 23.7 Å². The summed E-state index contributed by atoms with van der Waals surface area (Å²) in [7, 11) is 0. The highest BCUT2D eigenvalue weighted by Gasteiger charge is 2.10. The minimum absolute atomic E-state index is 0.0909. The van der Waals surface area contributed by atoms with Gasteiger partial charge in [-0.05, 0) is 31.2 Å². The van der Waals surface area contributed by atoms with Crippen LogP contribution in [-0.4, -0.2) is 37.0 Å². The Morgan fingerprint density at radius 1 is 1.28 bits per heavy atom. The van der Waals surface area contributed by atoms with Crippen LogP contribution in [0, 0.1) is 0 Å². The summed E-state index contributed by atoms with van der Waals surface area (Å²) in [4.78, 5) is 15.9. The zero-order valence-corrected chi connectivity index (χ0v) is 14.0. The number of rotatable bonds is 6. The van der Waals surface area contributed by atoms with Crippen molar-refractivity contribution in [2.45, 2.75) is 32.9 Å². The van der Waals surface area contributed by atoms with E-state index in [1.165, 1.54) is 6.33 Å². The molecular formula is C16H19N7O2. The third-order valence-electron chi connectivity index (χ3n) is 3.46. The first-order chi connectivity index (χ1) is 12.1. The van der Waals surface area contributed by atoms with Crippen molar-refractivity contribution in [3.63, 3.8) is 0 Å². The smallest absolute Gasteiger partial charge is 0.319 e. The van der Waals surface area contributed by atoms with Gasteiger partial charge in [-0.3, -0.25) is 4.68 Å². The van der Waals surface area contributed by atoms with Crippen LogP contribution in [0.4, 0.5) is 10.5 Å². The van der Waals surface area contributed by atoms with Gasteiger partial charge in [0.25, 0.3) is 0 Å². The Morgan fingerprint density at radius 2 is 2.08 bits per heavy atom. The molecule has 0 bridgehead atoms. The lowest BCUT2D eigenvalue weighted by atomic mass is 10.2. The average Bonchev–Trinajstić information content (AvgIpc) is 3.26. The lowest BCUT2D eigenvalue weighted by molar-refractivity contribution is 0.247. The van der Waals surface area contributed by atoms with Gasteiger partial charge < -0.3 is 15.1 Å². The van der Waals surface area contributed by atoms with Crippen LogP contribution >= 0.6 is 0 Å². The number of urea groups is 1. The van der Waals surface area contributed by atoms with Gasteiger partial charge >= 0.3 is 6.03 Å². The number of aromatic nitrogens is 5. The summed E-state index contributed by atoms with van der Waals surface area (Å²) in [6.07, 6.45) is 3.76. The van der Waals surface area contributed by atoms with Gasteiger partial charge in [0.2, 0.25) is 11.8 Å². The molecule has 2 N–H and O–H groups in total. The molecule has 0 saturated heterocycles. The van der Waals surface area contributed by atoms with Gasteiger partial charge in [0.05, 0.1) is 6.54 Å². The molecule has 2 heterocycles. The molecule has 0 radical (unpaired) electrons. The van der Waals surface area contributed by atoms with Crippen molar-refractivity contribution in [2.75, 3.05) is 5.32 Å². The number of hydrogen-bond donors (Lipinski definition) is 2. The number of benzene rings is 1. The number of anilines is 1. The lowest BCUT2D eigenvalue weighted by Gasteiger charge is -2.14. The first-order valence-corrected chi connectivity index (χ1v) is 7.96. The van der Waals surface area contributed by atoms with Crippen molar-refractivity contribution in [1.82, 2.24) is 30.3 Å². The Kier molecular flexibility index (Phi) is 5.03. The van der Waals surface area contributed by atoms with Gasteiger partial charge in [-0.15, -0.1) is 10.2 Å². The number of carbonyl (C=O) groups is 1. The molecule has 25 heavy (non-hydrogen) atoms. The molecule has 1 aromatic carbocycles. The minimum Gasteiger partial charge on any atom is -0.421 e. The Hall–Kier alpha value is -3.23. The third-order valence-corrected chi connectivity index (χ3v) is 3.46. The summed E-state index contributed by atoms with van der Waals surface area (Å²) in [6, 6.07) is 6.83. The highest BCUT2D eigenvalue weighted by Crippen LogP contribution is 2.20. The van der Waals surface area contributed by atoms with Crippen LogP contribution in [0.1, 0.15) is 19.7 Å². The first kappa shape index (κ1) is 16.6. The zero-order valence-electron chi connectivity index (χ0n) is 14.0. The largest absolute Gasteiger partial charge is 0.421 e. The fourth-order valence-electron chi connectivity index (χ4n) is 2.25. The molecule has 130 valence electrons. The predicted molar refractivity (Wildman–Crippen MR) is 90.8 cm³/mol. The number of aryl methyl sites for hydroxylation is 1. The van der Waals surface area contributed by atoms with Crippen molar-refractivity contribution < 1.29 is 9.21 Å². The Balaban J connectivity index is 1.54. The lowest BCUT2D eigenvalue weighted by Crippen LogP contribution is -2.38. The van der Waals surface area contributed by atoms with Gasteiger partial charge in [-0.25, -0.2) is 9.78 Å². The molecule has 3 aromatic rings. The molecule has 0 saturated carbocycles. The summed E-state index contributed by atoms with van der Waals surface area (Å²) in [6.45, 7) is 4.39. The second-order valence-corrected chi connectivity index (χ2v) is 5.55. The molecule has 0 spiro atoms. The predicted octanol–water partition coefficient (Wildman–Crippen LogP) is 2.10. The van der Waals surface area contributed by atoms with Crippen molar-refractivity contribution >= 4 is 11.7 Å². The normalized spacial score (nSPS) is 11.9. The van der Waals surface area contributed by atoms with Crippen LogP contribution in [0.3, 0.4) is 0 Å². The van der Waals surface area contributed by atoms with Crippen LogP contribution < -0.4 is 10.6 Å². The maximum atomic E-state index is 12.0. The fraction of sp³-hybridized carbons (Fsp3) is 0.312. The molecule has 3 rings (SSSR count). The van der Waals surface area contributed by atoms with E-state index in [2.05, 4.69) is 30.9 Å². The minimum atomic E-state index is -0.286. The molecule has 9 heteroatoms. The van der Waals surface area contributed by atoms with E-state index in [-0.39, 0.29) is 12.1 Å². The molecular weight excluding hydrogens is 322 g/mol. The van der Waals surface area contributed by atoms with E-state index < -0.39 is 0 Å². The zero-order chi connectivity index (χ0) is 17.6. The van der Waals surface area contributed by atoms with Crippen LogP contribution in [0.25, 0.3) is 11.5 Å². The monoisotopic (exact) mass is 341 g/mol. The average molecular weight is 341 g/mol. The highest BCUT2D eigenvalue weighted by molar-refractivity contribution is 5.89. The molecule has 9 nitrogen and oxygen atoms in total. The molecule has 2 amide bonds. The summed E-state index contributed by atoms with van der Waals surface area (Å²) < 4.78 is 7.17. The molecule has 0 aliphatic carbocycles. The molecule has 0 aliphatic heterocycles. The van der Waals surface area contributed by atoms with Crippen molar-refractivity contribution in [2.24, 2.45) is 0 Å². The van der Waals surface area contributed by atoms with E-state index in [4.69, 9.17) is 4.42 Å². The maximum Gasteiger partial charge on any atom is 0.319 e. The van der Waals surface area contributed by atoms with Gasteiger partial charge in [-0.1, -0.05) is 6.92 Å². The highest BCUT2D eigenvalue weighted by atomic mass is 16.4. The summed E-state index contributed by atoms with van der Waals surface area (Å²) in [5.41, 5.74) is 1.47. The Labute approximate surface area is 144 Å². The number of amides is 2. The van der Waals surface area contributed by atoms with Gasteiger partial charge in [0.1, 0.15) is 12.7 Å². The van der Waals surface area contributed by atoms with Crippen molar-refractivity contribution in [3.8, 4) is 11.5 Å². The van der Waals surface area contributed by atoms with Crippen molar-refractivity contribution in [3.05, 3.63) is 42.8 Å². The molecule has 1 unspecified atom stereocenters. The molecule has 2 aromatic heterocycles. The summed E-state index contributed by atoms with van der Waals surface area (Å²) >= 11 is 0. The summed E-state index contributed by atoms with van der Waals surface area (Å²) in [5.74, 6) is 1.06. The van der Waals surface area contributed by atoms with E-state index >= 15 is 0 Å². The quantitative estimate of drug-likeness (QED) is 0.710. The Bertz CT molecular complexity index is 811. The number of nitrogens with one attached hydrogen (secondary N) is 2. The first-order valence-electron chi connectivity index (χ1n) is 7.96. The standard InChI is InChI=1S/C16H19N7O2/c1-3-14-21-22-15(25-14)12-4-6-13(7-5-12)20-16(24)19-11(2)8-23-10-17-9-18-23/h4-7,9-11H,3,8H2,1-2H3,(H2,19,20,24). The van der Waals surface area contributed by atoms with Gasteiger partial charge in [0.15, 0.2) is 0 Å². The number of nitrogens with zero attached hydrogens (tertiary/aromatic N) is 5. The molecule has 0 aliphatic rings. The fourth-order valence-corrected chi connectivity index (χ4v) is 2.25. The number of carbonyl (C=O) groups excluding carboxylic acids is 1. The van der Waals surface area contributed by atoms with E-state index in [9.17, 15) is 4.79 Å². The van der Waals surface area contributed by atoms with E-state index in [0.717, 1.165) is 5.56 Å².